The molecule has 1 fully saturated rings. The summed E-state index contributed by atoms with van der Waals surface area (Å²) >= 11 is 6.72. The van der Waals surface area contributed by atoms with Crippen molar-refractivity contribution in [1.82, 2.24) is 4.90 Å². The number of halogens is 4. The molecule has 1 amide bonds. The monoisotopic (exact) mass is 479 g/mol. The van der Waals surface area contributed by atoms with Gasteiger partial charge < -0.3 is 10.5 Å². The molecule has 0 spiro atoms. The second-order valence-corrected chi connectivity index (χ2v) is 9.06. The smallest absolute Gasteiger partial charge is 0.381 e. The second-order valence-electron chi connectivity index (χ2n) is 8.68. The molecule has 4 rings (SSSR count). The molecular formula is C24H25ClF3N3O2. The molecule has 0 unspecified atom stereocenters. The molecule has 2 heterocycles. The van der Waals surface area contributed by atoms with Crippen LogP contribution in [0.5, 0.6) is 0 Å². The molecule has 2 N–H and O–H groups in total. The highest BCUT2D eigenvalue weighted by Gasteiger charge is 2.41. The number of hydrogen-bond donors (Lipinski definition) is 1. The predicted octanol–water partition coefficient (Wildman–Crippen LogP) is 4.89. The lowest BCUT2D eigenvalue weighted by Crippen LogP contribution is -2.55. The number of ether oxygens (including phenoxy) is 1. The number of guanidine groups is 1. The minimum atomic E-state index is -4.42. The average Bonchev–Trinajstić information content (AvgIpc) is 2.75. The SMILES string of the molecule is C[C@@]1(c2cccc(Cc3cccc(C(F)(F)F)c3)c2Cl)CC(=O)N(C2CCOCC2)C(N)=N1. The average molecular weight is 480 g/mol. The van der Waals surface area contributed by atoms with Crippen LogP contribution in [0.4, 0.5) is 13.2 Å². The van der Waals surface area contributed by atoms with Crippen LogP contribution in [0.15, 0.2) is 47.5 Å². The zero-order chi connectivity index (χ0) is 23.8. The van der Waals surface area contributed by atoms with Crippen LogP contribution in [-0.2, 0) is 27.7 Å². The van der Waals surface area contributed by atoms with E-state index in [-0.39, 0.29) is 30.8 Å². The van der Waals surface area contributed by atoms with Gasteiger partial charge in [0.2, 0.25) is 5.91 Å². The number of nitrogens with zero attached hydrogens (tertiary/aromatic N) is 2. The molecule has 0 saturated carbocycles. The molecule has 0 aliphatic carbocycles. The van der Waals surface area contributed by atoms with E-state index < -0.39 is 17.3 Å². The van der Waals surface area contributed by atoms with Crippen LogP contribution >= 0.6 is 11.6 Å². The van der Waals surface area contributed by atoms with Gasteiger partial charge in [0.05, 0.1) is 17.5 Å². The van der Waals surface area contributed by atoms with Crippen molar-refractivity contribution in [2.45, 2.75) is 50.4 Å². The van der Waals surface area contributed by atoms with Crippen molar-refractivity contribution in [3.05, 3.63) is 69.7 Å². The van der Waals surface area contributed by atoms with E-state index in [2.05, 4.69) is 4.99 Å². The number of rotatable bonds is 4. The Balaban J connectivity index is 1.63. The molecule has 2 aromatic carbocycles. The maximum atomic E-state index is 13.1. The van der Waals surface area contributed by atoms with Crippen molar-refractivity contribution in [1.29, 1.82) is 0 Å². The number of amides is 1. The first-order valence-corrected chi connectivity index (χ1v) is 11.2. The van der Waals surface area contributed by atoms with Crippen molar-refractivity contribution in [3.63, 3.8) is 0 Å². The molecule has 176 valence electrons. The highest BCUT2D eigenvalue weighted by atomic mass is 35.5. The van der Waals surface area contributed by atoms with E-state index in [9.17, 15) is 18.0 Å². The van der Waals surface area contributed by atoms with Gasteiger partial charge in [-0.1, -0.05) is 48.0 Å². The number of carbonyl (C=O) groups excluding carboxylic acids is 1. The quantitative estimate of drug-likeness (QED) is 0.678. The normalized spacial score (nSPS) is 22.4. The van der Waals surface area contributed by atoms with Crippen LogP contribution in [-0.4, -0.2) is 36.0 Å². The highest BCUT2D eigenvalue weighted by Crippen LogP contribution is 2.40. The molecule has 33 heavy (non-hydrogen) atoms. The summed E-state index contributed by atoms with van der Waals surface area (Å²) in [5.74, 6) is 0.0243. The highest BCUT2D eigenvalue weighted by molar-refractivity contribution is 6.32. The van der Waals surface area contributed by atoms with Crippen molar-refractivity contribution >= 4 is 23.5 Å². The van der Waals surface area contributed by atoms with Crippen molar-refractivity contribution in [3.8, 4) is 0 Å². The summed E-state index contributed by atoms with van der Waals surface area (Å²) in [6.45, 7) is 2.94. The molecule has 9 heteroatoms. The molecule has 1 atom stereocenters. The van der Waals surface area contributed by atoms with Gasteiger partial charge in [0.25, 0.3) is 0 Å². The Bertz CT molecular complexity index is 1080. The topological polar surface area (TPSA) is 67.9 Å². The van der Waals surface area contributed by atoms with Gasteiger partial charge in [-0.2, -0.15) is 13.2 Å². The molecule has 2 aliphatic heterocycles. The number of aliphatic imine (C=N–C) groups is 1. The standard InChI is InChI=1S/C24H25ClF3N3O2/c1-23(14-20(32)31(22(29)30-23)18-8-10-33-11-9-18)19-7-3-5-16(21(19)25)12-15-4-2-6-17(13-15)24(26,27)28/h2-7,13,18H,8-12,14H2,1H3,(H2,29,30)/t23-/m0/s1. The largest absolute Gasteiger partial charge is 0.416 e. The summed E-state index contributed by atoms with van der Waals surface area (Å²) in [4.78, 5) is 19.3. The Morgan fingerprint density at radius 3 is 2.58 bits per heavy atom. The van der Waals surface area contributed by atoms with Gasteiger partial charge in [-0.05, 0) is 48.9 Å². The van der Waals surface area contributed by atoms with Gasteiger partial charge in [0, 0.05) is 24.3 Å². The lowest BCUT2D eigenvalue weighted by molar-refractivity contribution is -0.137. The lowest BCUT2D eigenvalue weighted by Gasteiger charge is -2.40. The fourth-order valence-corrected chi connectivity index (χ4v) is 4.95. The van der Waals surface area contributed by atoms with E-state index in [0.717, 1.165) is 12.1 Å². The number of hydrogen-bond acceptors (Lipinski definition) is 4. The summed E-state index contributed by atoms with van der Waals surface area (Å²) < 4.78 is 44.6. The van der Waals surface area contributed by atoms with E-state index in [4.69, 9.17) is 22.1 Å². The van der Waals surface area contributed by atoms with Gasteiger partial charge in [0.1, 0.15) is 0 Å². The molecule has 1 saturated heterocycles. The summed E-state index contributed by atoms with van der Waals surface area (Å²) in [5, 5.41) is 0.376. The first kappa shape index (κ1) is 23.6. The summed E-state index contributed by atoms with van der Waals surface area (Å²) in [5.41, 5.74) is 6.34. The summed E-state index contributed by atoms with van der Waals surface area (Å²) in [6, 6.07) is 10.5. The molecule has 2 aromatic rings. The van der Waals surface area contributed by atoms with Gasteiger partial charge in [-0.3, -0.25) is 9.69 Å². The van der Waals surface area contributed by atoms with Gasteiger partial charge in [-0.15, -0.1) is 0 Å². The van der Waals surface area contributed by atoms with Crippen LogP contribution in [0.1, 0.15) is 48.4 Å². The van der Waals surface area contributed by atoms with Crippen molar-refractivity contribution in [2.24, 2.45) is 10.7 Å². The minimum Gasteiger partial charge on any atom is -0.381 e. The lowest BCUT2D eigenvalue weighted by atomic mass is 9.85. The van der Waals surface area contributed by atoms with E-state index in [1.54, 1.807) is 36.1 Å². The van der Waals surface area contributed by atoms with Crippen LogP contribution in [0.3, 0.4) is 0 Å². The maximum Gasteiger partial charge on any atom is 0.416 e. The molecule has 0 bridgehead atoms. The molecule has 0 aromatic heterocycles. The second kappa shape index (κ2) is 8.99. The van der Waals surface area contributed by atoms with Crippen LogP contribution < -0.4 is 5.73 Å². The fraction of sp³-hybridized carbons (Fsp3) is 0.417. The van der Waals surface area contributed by atoms with Gasteiger partial charge in [0.15, 0.2) is 5.96 Å². The number of nitrogens with two attached hydrogens (primary N) is 1. The third-order valence-electron chi connectivity index (χ3n) is 6.24. The Morgan fingerprint density at radius 2 is 1.91 bits per heavy atom. The Hall–Kier alpha value is -2.58. The van der Waals surface area contributed by atoms with Crippen molar-refractivity contribution < 1.29 is 22.7 Å². The molecular weight excluding hydrogens is 455 g/mol. The van der Waals surface area contributed by atoms with Gasteiger partial charge >= 0.3 is 6.18 Å². The maximum absolute atomic E-state index is 13.1. The van der Waals surface area contributed by atoms with Crippen LogP contribution in [0.25, 0.3) is 0 Å². The zero-order valence-corrected chi connectivity index (χ0v) is 18.9. The van der Waals surface area contributed by atoms with E-state index in [1.165, 1.54) is 6.07 Å². The Labute approximate surface area is 195 Å². The minimum absolute atomic E-state index is 0.0396. The Kier molecular flexibility index (Phi) is 6.42. The summed E-state index contributed by atoms with van der Waals surface area (Å²) in [6.07, 6.45) is -2.70. The van der Waals surface area contributed by atoms with Gasteiger partial charge in [-0.25, -0.2) is 4.99 Å². The van der Waals surface area contributed by atoms with Crippen LogP contribution in [0, 0.1) is 0 Å². The molecule has 2 aliphatic rings. The predicted molar refractivity (Wildman–Crippen MR) is 120 cm³/mol. The first-order chi connectivity index (χ1) is 15.6. The third kappa shape index (κ3) is 4.87. The number of carbonyl (C=O) groups is 1. The molecule has 5 nitrogen and oxygen atoms in total. The third-order valence-corrected chi connectivity index (χ3v) is 6.68. The van der Waals surface area contributed by atoms with Crippen LogP contribution in [0.2, 0.25) is 5.02 Å². The summed E-state index contributed by atoms with van der Waals surface area (Å²) in [7, 11) is 0. The zero-order valence-electron chi connectivity index (χ0n) is 18.2. The molecule has 0 radical (unpaired) electrons. The van der Waals surface area contributed by atoms with Crippen molar-refractivity contribution in [2.75, 3.05) is 13.2 Å². The van der Waals surface area contributed by atoms with E-state index >= 15 is 0 Å². The first-order valence-electron chi connectivity index (χ1n) is 10.8. The van der Waals surface area contributed by atoms with E-state index in [0.29, 0.717) is 47.8 Å². The van der Waals surface area contributed by atoms with E-state index in [1.807, 2.05) is 0 Å². The fourth-order valence-electron chi connectivity index (χ4n) is 4.55. The number of alkyl halides is 3. The Morgan fingerprint density at radius 1 is 1.21 bits per heavy atom. The number of benzene rings is 2.